The van der Waals surface area contributed by atoms with Gasteiger partial charge >= 0.3 is 12.3 Å². The van der Waals surface area contributed by atoms with Crippen molar-refractivity contribution in [2.24, 2.45) is 0 Å². The molecular weight excluding hydrogens is 277 g/mol. The number of hydrogen-bond donors (Lipinski definition) is 0. The number of hydrogen-bond acceptors (Lipinski definition) is 0. The maximum Gasteiger partial charge on any atom is 0.448 e. The zero-order chi connectivity index (χ0) is 7.65. The van der Waals surface area contributed by atoms with E-state index in [0.717, 1.165) is 0 Å². The highest BCUT2D eigenvalue weighted by atomic mass is 127. The zero-order valence-electron chi connectivity index (χ0n) is 4.18. The molecule has 0 radical (unpaired) electrons. The Morgan fingerprint density at radius 2 is 1.20 bits per heavy atom. The monoisotopic (exact) mass is 278 g/mol. The average molecular weight is 278 g/mol. The van der Waals surface area contributed by atoms with Crippen molar-refractivity contribution in [2.75, 3.05) is 0 Å². The highest BCUT2D eigenvalue weighted by Crippen LogP contribution is 2.29. The fourth-order valence-corrected chi connectivity index (χ4v) is 0.107. The van der Waals surface area contributed by atoms with Gasteiger partial charge in [-0.25, -0.2) is 0 Å². The molecule has 0 fully saturated rings. The first-order chi connectivity index (χ1) is 3.85. The second-order valence-electron chi connectivity index (χ2n) is 1.07. The van der Waals surface area contributed by atoms with E-state index in [1.165, 1.54) is 0 Å². The molecule has 0 atom stereocenters. The van der Waals surface area contributed by atoms with Crippen molar-refractivity contribution in [2.45, 2.75) is 6.18 Å². The van der Waals surface area contributed by atoms with Crippen LogP contribution in [0.15, 0.2) is 11.9 Å². The van der Waals surface area contributed by atoms with E-state index in [1.54, 1.807) is 0 Å². The van der Waals surface area contributed by atoms with Crippen LogP contribution in [0.25, 0.3) is 0 Å². The molecule has 0 heterocycles. The molecule has 0 aliphatic rings. The van der Waals surface area contributed by atoms with Crippen molar-refractivity contribution in [3.8, 4) is 0 Å². The fourth-order valence-electron chi connectivity index (χ4n) is 0.107. The van der Waals surface area contributed by atoms with Crippen LogP contribution in [-0.4, -0.2) is 6.18 Å². The van der Waals surface area contributed by atoms with Crippen LogP contribution in [0, 0.1) is 0 Å². The second-order valence-corrected chi connectivity index (χ2v) is 1.07. The Hall–Kier alpha value is 0.0500. The number of alkyl halides is 3. The lowest BCUT2D eigenvalue weighted by atomic mass is 10.6. The Morgan fingerprint density at radius 1 is 0.900 bits per heavy atom. The van der Waals surface area contributed by atoms with Crippen LogP contribution in [0.2, 0.25) is 0 Å². The van der Waals surface area contributed by atoms with Gasteiger partial charge in [0.2, 0.25) is 0 Å². The third kappa shape index (κ3) is 3.96. The predicted molar refractivity (Wildman–Crippen MR) is 31.8 cm³/mol. The summed E-state index contributed by atoms with van der Waals surface area (Å²) in [6, 6.07) is 0. The van der Waals surface area contributed by atoms with Gasteiger partial charge in [-0.3, -0.25) is 0 Å². The van der Waals surface area contributed by atoms with E-state index in [-0.39, 0.29) is 24.0 Å². The van der Waals surface area contributed by atoms with Gasteiger partial charge in [0, 0.05) is 0 Å². The molecule has 0 aliphatic carbocycles. The minimum Gasteiger partial charge on any atom is -0.196 e. The fraction of sp³-hybridized carbons (Fsp3) is 0.333. The molecule has 0 nitrogen and oxygen atoms in total. The van der Waals surface area contributed by atoms with Crippen molar-refractivity contribution in [1.82, 2.24) is 0 Å². The summed E-state index contributed by atoms with van der Waals surface area (Å²) in [4.78, 5) is 0. The molecule has 7 heteroatoms. The van der Waals surface area contributed by atoms with E-state index in [1.807, 2.05) is 0 Å². The Kier molecular flexibility index (Phi) is 5.13. The van der Waals surface area contributed by atoms with Crippen LogP contribution in [0.4, 0.5) is 26.3 Å². The largest absolute Gasteiger partial charge is 0.448 e. The SMILES string of the molecule is FC(F)=C(F)C(F)(F)F.I. The normalized spacial score (nSPS) is 10.2. The average Bonchev–Trinajstić information content (AvgIpc) is 1.62. The first-order valence-corrected chi connectivity index (χ1v) is 1.63. The van der Waals surface area contributed by atoms with E-state index in [4.69, 9.17) is 0 Å². The quantitative estimate of drug-likeness (QED) is 0.471. The summed E-state index contributed by atoms with van der Waals surface area (Å²) in [5.74, 6) is -3.33. The Bertz CT molecular complexity index is 130. The van der Waals surface area contributed by atoms with E-state index in [2.05, 4.69) is 0 Å². The Morgan fingerprint density at radius 3 is 1.20 bits per heavy atom. The zero-order valence-corrected chi connectivity index (χ0v) is 6.51. The lowest BCUT2D eigenvalue weighted by Gasteiger charge is -1.98. The lowest BCUT2D eigenvalue weighted by molar-refractivity contribution is -0.113. The molecule has 0 aromatic rings. The van der Waals surface area contributed by atoms with E-state index < -0.39 is 18.1 Å². The second kappa shape index (κ2) is 4.04. The summed E-state index contributed by atoms with van der Waals surface area (Å²) in [6.07, 6.45) is -8.90. The molecule has 62 valence electrons. The summed E-state index contributed by atoms with van der Waals surface area (Å²) in [6.45, 7) is 0. The van der Waals surface area contributed by atoms with E-state index >= 15 is 0 Å². The van der Waals surface area contributed by atoms with Gasteiger partial charge in [-0.15, -0.1) is 24.0 Å². The van der Waals surface area contributed by atoms with Gasteiger partial charge in [0.05, 0.1) is 0 Å². The molecule has 0 amide bonds. The summed E-state index contributed by atoms with van der Waals surface area (Å²) in [5.41, 5.74) is 0. The number of halogens is 7. The van der Waals surface area contributed by atoms with Gasteiger partial charge in [-0.2, -0.15) is 26.3 Å². The van der Waals surface area contributed by atoms with Gasteiger partial charge < -0.3 is 0 Å². The van der Waals surface area contributed by atoms with Crippen LogP contribution in [-0.2, 0) is 0 Å². The van der Waals surface area contributed by atoms with Crippen molar-refractivity contribution in [1.29, 1.82) is 0 Å². The summed E-state index contributed by atoms with van der Waals surface area (Å²) >= 11 is 0. The topological polar surface area (TPSA) is 0 Å². The number of rotatable bonds is 0. The molecule has 0 saturated carbocycles. The van der Waals surface area contributed by atoms with Crippen molar-refractivity contribution < 1.29 is 26.3 Å². The van der Waals surface area contributed by atoms with Crippen LogP contribution >= 0.6 is 24.0 Å². The number of allylic oxidation sites excluding steroid dienone is 1. The maximum absolute atomic E-state index is 11.0. The highest BCUT2D eigenvalue weighted by molar-refractivity contribution is 14.0. The predicted octanol–water partition coefficient (Wildman–Crippen LogP) is 3.24. The van der Waals surface area contributed by atoms with Crippen LogP contribution in [0.1, 0.15) is 0 Å². The van der Waals surface area contributed by atoms with Crippen molar-refractivity contribution in [3.63, 3.8) is 0 Å². The minimum absolute atomic E-state index is 0. The molecule has 10 heavy (non-hydrogen) atoms. The van der Waals surface area contributed by atoms with Crippen molar-refractivity contribution in [3.05, 3.63) is 11.9 Å². The first-order valence-electron chi connectivity index (χ1n) is 1.63. The standard InChI is InChI=1S/C3F6.HI/c4-1(2(5)6)3(7,8)9;/h;1H. The maximum atomic E-state index is 11.0. The summed E-state index contributed by atoms with van der Waals surface area (Å²) in [5, 5.41) is 0. The first kappa shape index (κ1) is 12.7. The molecule has 0 rings (SSSR count). The van der Waals surface area contributed by atoms with Crippen LogP contribution < -0.4 is 0 Å². The summed E-state index contributed by atoms with van der Waals surface area (Å²) < 4.78 is 64.8. The summed E-state index contributed by atoms with van der Waals surface area (Å²) in [7, 11) is 0. The molecule has 0 spiro atoms. The molecule has 0 aromatic heterocycles. The third-order valence-electron chi connectivity index (χ3n) is 0.415. The smallest absolute Gasteiger partial charge is 0.196 e. The third-order valence-corrected chi connectivity index (χ3v) is 0.415. The van der Waals surface area contributed by atoms with Gasteiger partial charge in [0.1, 0.15) is 0 Å². The molecule has 0 unspecified atom stereocenters. The highest BCUT2D eigenvalue weighted by Gasteiger charge is 2.38. The van der Waals surface area contributed by atoms with Crippen molar-refractivity contribution >= 4 is 24.0 Å². The van der Waals surface area contributed by atoms with Gasteiger partial charge in [-0.1, -0.05) is 0 Å². The van der Waals surface area contributed by atoms with E-state index in [0.29, 0.717) is 0 Å². The Labute approximate surface area is 68.9 Å². The molecule has 0 bridgehead atoms. The van der Waals surface area contributed by atoms with E-state index in [9.17, 15) is 26.3 Å². The molecule has 0 aliphatic heterocycles. The Balaban J connectivity index is 0. The molecule has 0 saturated heterocycles. The van der Waals surface area contributed by atoms with Crippen LogP contribution in [0.5, 0.6) is 0 Å². The lowest BCUT2D eigenvalue weighted by Crippen LogP contribution is -2.08. The minimum atomic E-state index is -5.56. The van der Waals surface area contributed by atoms with Gasteiger partial charge in [0.25, 0.3) is 5.83 Å². The molecule has 0 aromatic carbocycles. The van der Waals surface area contributed by atoms with Gasteiger partial charge in [0.15, 0.2) is 0 Å². The van der Waals surface area contributed by atoms with Crippen LogP contribution in [0.3, 0.4) is 0 Å². The van der Waals surface area contributed by atoms with Gasteiger partial charge in [-0.05, 0) is 0 Å². The molecule has 0 N–H and O–H groups in total. The molecular formula is C3HF6I.